The Hall–Kier alpha value is -1.21. The lowest BCUT2D eigenvalue weighted by Crippen LogP contribution is -2.45. The van der Waals surface area contributed by atoms with Gasteiger partial charge in [-0.05, 0) is 42.7 Å². The van der Waals surface area contributed by atoms with E-state index in [1.165, 1.54) is 28.9 Å². The maximum atomic E-state index is 12.8. The number of amides is 1. The lowest BCUT2D eigenvalue weighted by Gasteiger charge is -2.44. The number of hydrogen-bond acceptors (Lipinski definition) is 5. The van der Waals surface area contributed by atoms with Gasteiger partial charge in [-0.2, -0.15) is 0 Å². The van der Waals surface area contributed by atoms with Gasteiger partial charge in [0.25, 0.3) is 5.91 Å². The van der Waals surface area contributed by atoms with Crippen LogP contribution in [0.2, 0.25) is 4.34 Å². The van der Waals surface area contributed by atoms with E-state index < -0.39 is 0 Å². The summed E-state index contributed by atoms with van der Waals surface area (Å²) in [5.74, 6) is 1.71. The molecule has 4 nitrogen and oxygen atoms in total. The molecule has 7 heteroatoms. The molecule has 0 radical (unpaired) electrons. The van der Waals surface area contributed by atoms with E-state index in [1.54, 1.807) is 5.38 Å². The third-order valence-electron chi connectivity index (χ3n) is 6.14. The minimum absolute atomic E-state index is 0.0401. The van der Waals surface area contributed by atoms with Crippen molar-refractivity contribution in [1.29, 1.82) is 0 Å². The van der Waals surface area contributed by atoms with Gasteiger partial charge < -0.3 is 15.2 Å². The summed E-state index contributed by atoms with van der Waals surface area (Å²) in [5, 5.41) is 15.0. The molecule has 1 atom stereocenters. The Morgan fingerprint density at radius 1 is 1.36 bits per heavy atom. The average molecular weight is 438 g/mol. The van der Waals surface area contributed by atoms with Gasteiger partial charge in [-0.1, -0.05) is 29.8 Å². The molecule has 2 aliphatic rings. The molecule has 1 aliphatic carbocycles. The molecule has 1 aliphatic heterocycles. The van der Waals surface area contributed by atoms with Gasteiger partial charge in [-0.25, -0.2) is 0 Å². The Balaban J connectivity index is 1.57. The molecule has 2 aromatic rings. The van der Waals surface area contributed by atoms with Gasteiger partial charge in [0.1, 0.15) is 4.34 Å². The number of aliphatic hydroxyl groups is 1. The molecule has 28 heavy (non-hydrogen) atoms. The summed E-state index contributed by atoms with van der Waals surface area (Å²) in [7, 11) is 1.53. The summed E-state index contributed by atoms with van der Waals surface area (Å²) >= 11 is 9.33. The van der Waals surface area contributed by atoms with Crippen molar-refractivity contribution in [3.05, 3.63) is 45.1 Å². The Morgan fingerprint density at radius 3 is 2.86 bits per heavy atom. The molecule has 150 valence electrons. The molecule has 0 saturated heterocycles. The van der Waals surface area contributed by atoms with Gasteiger partial charge >= 0.3 is 0 Å². The Bertz CT molecular complexity index is 861. The SMILES string of the molecule is COc1c(C(=O)NC[C@]2(C3CSc4ccccc43)CC[C@@H](O)CC2)csc1Cl. The van der Waals surface area contributed by atoms with E-state index in [1.807, 2.05) is 11.8 Å². The predicted octanol–water partition coefficient (Wildman–Crippen LogP) is 4.95. The van der Waals surface area contributed by atoms with Crippen LogP contribution in [0, 0.1) is 5.41 Å². The van der Waals surface area contributed by atoms with Crippen LogP contribution in [0.1, 0.15) is 47.5 Å². The van der Waals surface area contributed by atoms with Gasteiger partial charge in [0.15, 0.2) is 5.75 Å². The molecule has 2 N–H and O–H groups in total. The summed E-state index contributed by atoms with van der Waals surface area (Å²) in [6, 6.07) is 8.58. The number of nitrogens with one attached hydrogen (secondary N) is 1. The summed E-state index contributed by atoms with van der Waals surface area (Å²) in [4.78, 5) is 14.2. The van der Waals surface area contributed by atoms with Crippen LogP contribution in [0.4, 0.5) is 0 Å². The standard InChI is InChI=1S/C21H24ClNO3S2/c1-26-18-15(10-28-19(18)22)20(25)23-12-21(8-6-13(24)7-9-21)16-11-27-17-5-3-2-4-14(16)17/h2-5,10,13,16,24H,6-9,11-12H2,1H3,(H,23,25)/t13-,16?,21+. The van der Waals surface area contributed by atoms with Crippen molar-refractivity contribution >= 4 is 40.6 Å². The van der Waals surface area contributed by atoms with Crippen molar-refractivity contribution < 1.29 is 14.6 Å². The van der Waals surface area contributed by atoms with Crippen molar-refractivity contribution in [1.82, 2.24) is 5.32 Å². The quantitative estimate of drug-likeness (QED) is 0.694. The maximum absolute atomic E-state index is 12.8. The van der Waals surface area contributed by atoms with Gasteiger partial charge in [0.2, 0.25) is 0 Å². The van der Waals surface area contributed by atoms with Crippen LogP contribution < -0.4 is 10.1 Å². The second-order valence-corrected chi connectivity index (χ2v) is 10.2. The predicted molar refractivity (Wildman–Crippen MR) is 115 cm³/mol. The highest BCUT2D eigenvalue weighted by Gasteiger charge is 2.45. The van der Waals surface area contributed by atoms with Crippen LogP contribution in [-0.2, 0) is 0 Å². The zero-order valence-electron chi connectivity index (χ0n) is 15.7. The third-order valence-corrected chi connectivity index (χ3v) is 8.51. The van der Waals surface area contributed by atoms with Gasteiger partial charge in [0.05, 0.1) is 18.8 Å². The molecule has 1 aromatic carbocycles. The molecule has 2 heterocycles. The fourth-order valence-corrected chi connectivity index (χ4v) is 7.00. The number of carbonyl (C=O) groups is 1. The number of carbonyl (C=O) groups excluding carboxylic acids is 1. The number of halogens is 1. The maximum Gasteiger partial charge on any atom is 0.255 e. The normalized spacial score (nSPS) is 26.7. The van der Waals surface area contributed by atoms with E-state index in [9.17, 15) is 9.90 Å². The van der Waals surface area contributed by atoms with Crippen LogP contribution in [0.5, 0.6) is 5.75 Å². The van der Waals surface area contributed by atoms with Gasteiger partial charge in [-0.15, -0.1) is 23.1 Å². The highest BCUT2D eigenvalue weighted by molar-refractivity contribution is 7.99. The molecule has 1 unspecified atom stereocenters. The summed E-state index contributed by atoms with van der Waals surface area (Å²) in [6.45, 7) is 0.592. The summed E-state index contributed by atoms with van der Waals surface area (Å²) in [5.41, 5.74) is 1.83. The van der Waals surface area contributed by atoms with E-state index in [2.05, 4.69) is 29.6 Å². The number of benzene rings is 1. The molecular formula is C21H24ClNO3S2. The minimum atomic E-state index is -0.232. The smallest absolute Gasteiger partial charge is 0.255 e. The number of hydrogen-bond donors (Lipinski definition) is 2. The van der Waals surface area contributed by atoms with Crippen molar-refractivity contribution in [2.45, 2.75) is 42.6 Å². The first kappa shape index (κ1) is 20.1. The van der Waals surface area contributed by atoms with Crippen molar-refractivity contribution in [3.63, 3.8) is 0 Å². The Morgan fingerprint density at radius 2 is 2.11 bits per heavy atom. The van der Waals surface area contributed by atoms with E-state index in [-0.39, 0.29) is 17.4 Å². The van der Waals surface area contributed by atoms with Crippen LogP contribution in [0.3, 0.4) is 0 Å². The molecule has 0 spiro atoms. The lowest BCUT2D eigenvalue weighted by atomic mass is 9.63. The van der Waals surface area contributed by atoms with Crippen LogP contribution >= 0.6 is 34.7 Å². The van der Waals surface area contributed by atoms with Crippen LogP contribution in [-0.4, -0.2) is 36.5 Å². The van der Waals surface area contributed by atoms with E-state index >= 15 is 0 Å². The minimum Gasteiger partial charge on any atom is -0.493 e. The summed E-state index contributed by atoms with van der Waals surface area (Å²) < 4.78 is 5.79. The largest absolute Gasteiger partial charge is 0.493 e. The molecule has 0 bridgehead atoms. The second-order valence-electron chi connectivity index (χ2n) is 7.63. The van der Waals surface area contributed by atoms with Gasteiger partial charge in [0, 0.05) is 28.5 Å². The molecular weight excluding hydrogens is 414 g/mol. The van der Waals surface area contributed by atoms with Crippen LogP contribution in [0.25, 0.3) is 0 Å². The highest BCUT2D eigenvalue weighted by Crippen LogP contribution is 2.54. The lowest BCUT2D eigenvalue weighted by molar-refractivity contribution is 0.0482. The number of thioether (sulfide) groups is 1. The fraction of sp³-hybridized carbons (Fsp3) is 0.476. The molecule has 4 rings (SSSR count). The number of rotatable bonds is 5. The van der Waals surface area contributed by atoms with Crippen molar-refractivity contribution in [3.8, 4) is 5.75 Å². The molecule has 1 saturated carbocycles. The first-order valence-corrected chi connectivity index (χ1v) is 11.8. The number of methoxy groups -OCH3 is 1. The number of fused-ring (bicyclic) bond motifs is 1. The zero-order chi connectivity index (χ0) is 19.7. The van der Waals surface area contributed by atoms with E-state index in [0.717, 1.165) is 31.4 Å². The molecule has 1 aromatic heterocycles. The highest BCUT2D eigenvalue weighted by atomic mass is 35.5. The molecule has 1 amide bonds. The number of ether oxygens (including phenoxy) is 1. The van der Waals surface area contributed by atoms with Gasteiger partial charge in [-0.3, -0.25) is 4.79 Å². The fourth-order valence-electron chi connectivity index (χ4n) is 4.52. The Kier molecular flexibility index (Phi) is 5.93. The molecule has 1 fully saturated rings. The average Bonchev–Trinajstić information content (AvgIpc) is 3.31. The van der Waals surface area contributed by atoms with E-state index in [4.69, 9.17) is 16.3 Å². The Labute approximate surface area is 178 Å². The number of aliphatic hydroxyl groups excluding tert-OH is 1. The first-order valence-electron chi connectivity index (χ1n) is 9.53. The van der Waals surface area contributed by atoms with Crippen molar-refractivity contribution in [2.24, 2.45) is 5.41 Å². The topological polar surface area (TPSA) is 58.6 Å². The third kappa shape index (κ3) is 3.67. The monoisotopic (exact) mass is 437 g/mol. The first-order chi connectivity index (χ1) is 13.5. The van der Waals surface area contributed by atoms with Crippen LogP contribution in [0.15, 0.2) is 34.5 Å². The van der Waals surface area contributed by atoms with E-state index in [0.29, 0.717) is 28.1 Å². The summed E-state index contributed by atoms with van der Waals surface area (Å²) in [6.07, 6.45) is 3.16. The number of thiophene rings is 1. The zero-order valence-corrected chi connectivity index (χ0v) is 18.1. The van der Waals surface area contributed by atoms with Crippen molar-refractivity contribution in [2.75, 3.05) is 19.4 Å². The second kappa shape index (κ2) is 8.27.